The normalized spacial score (nSPS) is 11.0. The standard InChI is InChI=1S/C30H29ClF2N2O3/c1-19-7-4-9-23(13-19)35(17-22-8-5-10-26(32)29(22)33)24-16-27(30(36)37)34(18-24)11-6-12-38-25-14-20(2)28(31)21(3)15-25/h4-5,7-10,13-16,18H,6,11-12,17H2,1-3H3,(H,36,37). The minimum Gasteiger partial charge on any atom is -0.494 e. The van der Waals surface area contributed by atoms with Crippen LogP contribution in [0.3, 0.4) is 0 Å². The van der Waals surface area contributed by atoms with Gasteiger partial charge in [0.15, 0.2) is 11.6 Å². The van der Waals surface area contributed by atoms with E-state index in [0.717, 1.165) is 28.4 Å². The highest BCUT2D eigenvalue weighted by atomic mass is 35.5. The number of aromatic nitrogens is 1. The third-order valence-electron chi connectivity index (χ3n) is 6.31. The van der Waals surface area contributed by atoms with Crippen LogP contribution in [-0.2, 0) is 13.1 Å². The molecule has 4 aromatic rings. The Balaban J connectivity index is 1.58. The van der Waals surface area contributed by atoms with Gasteiger partial charge in [-0.1, -0.05) is 35.9 Å². The number of carboxylic acids is 1. The number of rotatable bonds is 10. The lowest BCUT2D eigenvalue weighted by atomic mass is 10.1. The Morgan fingerprint density at radius 3 is 2.39 bits per heavy atom. The van der Waals surface area contributed by atoms with E-state index < -0.39 is 17.6 Å². The second-order valence-electron chi connectivity index (χ2n) is 9.29. The average molecular weight is 539 g/mol. The molecule has 0 saturated heterocycles. The van der Waals surface area contributed by atoms with Crippen LogP contribution in [0.15, 0.2) is 66.9 Å². The van der Waals surface area contributed by atoms with Gasteiger partial charge in [-0.2, -0.15) is 0 Å². The van der Waals surface area contributed by atoms with Crippen molar-refractivity contribution in [2.24, 2.45) is 0 Å². The molecule has 0 aliphatic carbocycles. The van der Waals surface area contributed by atoms with E-state index in [0.29, 0.717) is 36.0 Å². The number of anilines is 2. The maximum absolute atomic E-state index is 14.6. The molecular formula is C30H29ClF2N2O3. The van der Waals surface area contributed by atoms with Crippen LogP contribution in [0.4, 0.5) is 20.2 Å². The average Bonchev–Trinajstić information content (AvgIpc) is 3.30. The van der Waals surface area contributed by atoms with Crippen molar-refractivity contribution >= 4 is 28.9 Å². The lowest BCUT2D eigenvalue weighted by molar-refractivity contribution is 0.0684. The molecule has 0 radical (unpaired) electrons. The van der Waals surface area contributed by atoms with Gasteiger partial charge in [-0.05, 0) is 80.3 Å². The van der Waals surface area contributed by atoms with Gasteiger partial charge in [0.05, 0.1) is 18.8 Å². The molecule has 0 bridgehead atoms. The van der Waals surface area contributed by atoms with Crippen LogP contribution in [0.1, 0.15) is 39.2 Å². The largest absolute Gasteiger partial charge is 0.494 e. The van der Waals surface area contributed by atoms with Crippen molar-refractivity contribution < 1.29 is 23.4 Å². The van der Waals surface area contributed by atoms with Gasteiger partial charge in [0.2, 0.25) is 0 Å². The first-order chi connectivity index (χ1) is 18.1. The smallest absolute Gasteiger partial charge is 0.352 e. The Labute approximate surface area is 225 Å². The summed E-state index contributed by atoms with van der Waals surface area (Å²) in [5, 5.41) is 10.6. The SMILES string of the molecule is Cc1cccc(N(Cc2cccc(F)c2F)c2cc(C(=O)O)n(CCCOc3cc(C)c(Cl)c(C)c3)c2)c1. The van der Waals surface area contributed by atoms with E-state index in [9.17, 15) is 18.7 Å². The molecule has 38 heavy (non-hydrogen) atoms. The zero-order chi connectivity index (χ0) is 27.4. The number of hydrogen-bond acceptors (Lipinski definition) is 3. The van der Waals surface area contributed by atoms with Crippen LogP contribution >= 0.6 is 11.6 Å². The number of ether oxygens (including phenoxy) is 1. The molecule has 0 amide bonds. The van der Waals surface area contributed by atoms with Gasteiger partial charge in [0.25, 0.3) is 0 Å². The molecule has 1 N–H and O–H groups in total. The molecule has 5 nitrogen and oxygen atoms in total. The van der Waals surface area contributed by atoms with E-state index in [1.54, 1.807) is 21.7 Å². The number of aryl methyl sites for hydroxylation is 4. The summed E-state index contributed by atoms with van der Waals surface area (Å²) >= 11 is 6.23. The van der Waals surface area contributed by atoms with Crippen LogP contribution in [0, 0.1) is 32.4 Å². The van der Waals surface area contributed by atoms with Crippen molar-refractivity contribution in [3.8, 4) is 5.75 Å². The third kappa shape index (κ3) is 6.17. The summed E-state index contributed by atoms with van der Waals surface area (Å²) < 4.78 is 36.0. The Morgan fingerprint density at radius 1 is 1.00 bits per heavy atom. The molecule has 0 spiro atoms. The summed E-state index contributed by atoms with van der Waals surface area (Å²) in [7, 11) is 0. The highest BCUT2D eigenvalue weighted by Gasteiger charge is 2.20. The molecule has 0 fully saturated rings. The summed E-state index contributed by atoms with van der Waals surface area (Å²) in [4.78, 5) is 13.9. The second-order valence-corrected chi connectivity index (χ2v) is 9.67. The first-order valence-electron chi connectivity index (χ1n) is 12.2. The minimum absolute atomic E-state index is 0.0223. The molecule has 3 aromatic carbocycles. The number of hydrogen-bond donors (Lipinski definition) is 1. The first-order valence-corrected chi connectivity index (χ1v) is 12.6. The lowest BCUT2D eigenvalue weighted by Crippen LogP contribution is -2.17. The molecule has 0 atom stereocenters. The number of carbonyl (C=O) groups is 1. The molecule has 0 aliphatic rings. The molecule has 198 valence electrons. The Morgan fingerprint density at radius 2 is 1.71 bits per heavy atom. The zero-order valence-electron chi connectivity index (χ0n) is 21.5. The topological polar surface area (TPSA) is 54.7 Å². The van der Waals surface area contributed by atoms with Gasteiger partial charge in [0.1, 0.15) is 11.4 Å². The lowest BCUT2D eigenvalue weighted by Gasteiger charge is -2.24. The van der Waals surface area contributed by atoms with Gasteiger partial charge >= 0.3 is 5.97 Å². The van der Waals surface area contributed by atoms with Crippen LogP contribution in [-0.4, -0.2) is 22.2 Å². The summed E-state index contributed by atoms with van der Waals surface area (Å²) in [6.45, 7) is 6.56. The Kier molecular flexibility index (Phi) is 8.37. The first kappa shape index (κ1) is 27.2. The van der Waals surface area contributed by atoms with E-state index >= 15 is 0 Å². The number of benzene rings is 3. The number of aromatic carboxylic acids is 1. The van der Waals surface area contributed by atoms with Gasteiger partial charge in [-0.25, -0.2) is 13.6 Å². The van der Waals surface area contributed by atoms with Crippen molar-refractivity contribution in [2.45, 2.75) is 40.3 Å². The highest BCUT2D eigenvalue weighted by Crippen LogP contribution is 2.31. The number of nitrogens with zero attached hydrogens (tertiary/aromatic N) is 2. The molecule has 1 heterocycles. The molecule has 1 aromatic heterocycles. The van der Waals surface area contributed by atoms with Gasteiger partial charge in [0, 0.05) is 29.0 Å². The van der Waals surface area contributed by atoms with E-state index in [2.05, 4.69) is 0 Å². The summed E-state index contributed by atoms with van der Waals surface area (Å²) in [6, 6.07) is 16.9. The van der Waals surface area contributed by atoms with E-state index in [-0.39, 0.29) is 17.8 Å². The van der Waals surface area contributed by atoms with Gasteiger partial charge < -0.3 is 19.3 Å². The quantitative estimate of drug-likeness (QED) is 0.209. The Bertz CT molecular complexity index is 1440. The third-order valence-corrected chi connectivity index (χ3v) is 6.90. The van der Waals surface area contributed by atoms with Crippen molar-refractivity contribution in [1.82, 2.24) is 4.57 Å². The highest BCUT2D eigenvalue weighted by molar-refractivity contribution is 6.32. The van der Waals surface area contributed by atoms with E-state index in [1.165, 1.54) is 12.1 Å². The predicted octanol–water partition coefficient (Wildman–Crippen LogP) is 7.85. The van der Waals surface area contributed by atoms with E-state index in [4.69, 9.17) is 16.3 Å². The monoisotopic (exact) mass is 538 g/mol. The van der Waals surface area contributed by atoms with Crippen LogP contribution in [0.5, 0.6) is 5.75 Å². The number of carboxylic acid groups (broad SMARTS) is 1. The molecule has 0 saturated carbocycles. The molecule has 4 rings (SSSR count). The van der Waals surface area contributed by atoms with Gasteiger partial charge in [-0.15, -0.1) is 0 Å². The molecule has 8 heteroatoms. The van der Waals surface area contributed by atoms with Crippen LogP contribution in [0.25, 0.3) is 0 Å². The molecule has 0 unspecified atom stereocenters. The summed E-state index contributed by atoms with van der Waals surface area (Å²) in [6.07, 6.45) is 2.28. The van der Waals surface area contributed by atoms with Crippen molar-refractivity contribution in [3.05, 3.63) is 111 Å². The van der Waals surface area contributed by atoms with E-state index in [1.807, 2.05) is 57.2 Å². The fourth-order valence-electron chi connectivity index (χ4n) is 4.39. The van der Waals surface area contributed by atoms with Crippen LogP contribution in [0.2, 0.25) is 5.02 Å². The molecule has 0 aliphatic heterocycles. The fraction of sp³-hybridized carbons (Fsp3) is 0.233. The zero-order valence-corrected chi connectivity index (χ0v) is 22.2. The van der Waals surface area contributed by atoms with Crippen molar-refractivity contribution in [3.63, 3.8) is 0 Å². The fourth-order valence-corrected chi connectivity index (χ4v) is 4.50. The minimum atomic E-state index is -1.08. The predicted molar refractivity (Wildman–Crippen MR) is 146 cm³/mol. The second kappa shape index (κ2) is 11.7. The maximum Gasteiger partial charge on any atom is 0.352 e. The summed E-state index contributed by atoms with van der Waals surface area (Å²) in [5.41, 5.74) is 4.39. The van der Waals surface area contributed by atoms with Gasteiger partial charge in [-0.3, -0.25) is 0 Å². The number of halogens is 3. The summed E-state index contributed by atoms with van der Waals surface area (Å²) in [5.74, 6) is -2.23. The van der Waals surface area contributed by atoms with Crippen molar-refractivity contribution in [2.75, 3.05) is 11.5 Å². The van der Waals surface area contributed by atoms with Crippen LogP contribution < -0.4 is 9.64 Å². The molecular weight excluding hydrogens is 510 g/mol. The van der Waals surface area contributed by atoms with Crippen molar-refractivity contribution in [1.29, 1.82) is 0 Å². The Hall–Kier alpha value is -3.84. The maximum atomic E-state index is 14.6.